The number of nitrogens with one attached hydrogen (secondary N) is 2. The summed E-state index contributed by atoms with van der Waals surface area (Å²) in [5.74, 6) is 0.427. The second-order valence-electron chi connectivity index (χ2n) is 6.70. The number of carbonyl (C=O) groups excluding carboxylic acids is 2. The molecule has 2 aromatic carbocycles. The number of benzene rings is 2. The van der Waals surface area contributed by atoms with E-state index in [1.165, 1.54) is 12.1 Å². The first kappa shape index (κ1) is 19.4. The normalized spacial score (nSPS) is 13.0. The van der Waals surface area contributed by atoms with Gasteiger partial charge in [-0.2, -0.15) is 0 Å². The standard InChI is InChI=1S/C21H19FN4O4/c1-26-9-8-23-20(26)19(13-2-5-15(22)6-3-13)25-18(27)11-24-21(28)14-4-7-16-17(10-14)30-12-29-16/h2-10,19H,11-12H2,1H3,(H,24,28)(H,25,27). The number of imidazole rings is 1. The SMILES string of the molecule is Cn1ccnc1C(NC(=O)CNC(=O)c1ccc2c(c1)OCO2)c1ccc(F)cc1. The molecule has 0 bridgehead atoms. The van der Waals surface area contributed by atoms with Gasteiger partial charge in [0.15, 0.2) is 11.5 Å². The number of hydrogen-bond acceptors (Lipinski definition) is 5. The van der Waals surface area contributed by atoms with Crippen molar-refractivity contribution in [1.82, 2.24) is 20.2 Å². The highest BCUT2D eigenvalue weighted by Crippen LogP contribution is 2.32. The quantitative estimate of drug-likeness (QED) is 0.648. The third kappa shape index (κ3) is 4.09. The number of amides is 2. The topological polar surface area (TPSA) is 94.5 Å². The van der Waals surface area contributed by atoms with Gasteiger partial charge in [-0.05, 0) is 35.9 Å². The third-order valence-corrected chi connectivity index (χ3v) is 4.67. The summed E-state index contributed by atoms with van der Waals surface area (Å²) >= 11 is 0. The van der Waals surface area contributed by atoms with E-state index in [2.05, 4.69) is 15.6 Å². The minimum atomic E-state index is -0.597. The van der Waals surface area contributed by atoms with Gasteiger partial charge in [0.1, 0.15) is 17.7 Å². The summed E-state index contributed by atoms with van der Waals surface area (Å²) in [7, 11) is 1.80. The van der Waals surface area contributed by atoms with Crippen LogP contribution in [0, 0.1) is 5.82 Å². The minimum Gasteiger partial charge on any atom is -0.454 e. The summed E-state index contributed by atoms with van der Waals surface area (Å²) in [6, 6.07) is 10.0. The molecular weight excluding hydrogens is 391 g/mol. The van der Waals surface area contributed by atoms with E-state index in [-0.39, 0.29) is 19.2 Å². The van der Waals surface area contributed by atoms with Crippen molar-refractivity contribution in [2.75, 3.05) is 13.3 Å². The average molecular weight is 410 g/mol. The third-order valence-electron chi connectivity index (χ3n) is 4.67. The number of rotatable bonds is 6. The largest absolute Gasteiger partial charge is 0.454 e. The number of hydrogen-bond donors (Lipinski definition) is 2. The molecule has 1 unspecified atom stereocenters. The summed E-state index contributed by atoms with van der Waals surface area (Å²) in [5.41, 5.74) is 1.02. The van der Waals surface area contributed by atoms with Gasteiger partial charge in [-0.3, -0.25) is 9.59 Å². The fourth-order valence-electron chi connectivity index (χ4n) is 3.12. The number of halogens is 1. The van der Waals surface area contributed by atoms with E-state index in [9.17, 15) is 14.0 Å². The highest BCUT2D eigenvalue weighted by Gasteiger charge is 2.22. The Kier molecular flexibility index (Phi) is 5.34. The van der Waals surface area contributed by atoms with Crippen molar-refractivity contribution >= 4 is 11.8 Å². The molecule has 2 amide bonds. The van der Waals surface area contributed by atoms with Crippen molar-refractivity contribution < 1.29 is 23.5 Å². The zero-order valence-electron chi connectivity index (χ0n) is 16.1. The molecule has 154 valence electrons. The van der Waals surface area contributed by atoms with Gasteiger partial charge in [0, 0.05) is 25.0 Å². The number of aromatic nitrogens is 2. The van der Waals surface area contributed by atoms with Crippen molar-refractivity contribution in [3.8, 4) is 11.5 Å². The van der Waals surface area contributed by atoms with Crippen LogP contribution in [-0.2, 0) is 11.8 Å². The van der Waals surface area contributed by atoms with Crippen LogP contribution in [0.3, 0.4) is 0 Å². The smallest absolute Gasteiger partial charge is 0.251 e. The summed E-state index contributed by atoms with van der Waals surface area (Å²) in [5, 5.41) is 5.42. The molecule has 8 nitrogen and oxygen atoms in total. The number of aryl methyl sites for hydroxylation is 1. The molecule has 0 saturated heterocycles. The lowest BCUT2D eigenvalue weighted by Crippen LogP contribution is -2.39. The van der Waals surface area contributed by atoms with Crippen LogP contribution in [0.4, 0.5) is 4.39 Å². The van der Waals surface area contributed by atoms with E-state index in [4.69, 9.17) is 9.47 Å². The second kappa shape index (κ2) is 8.24. The lowest BCUT2D eigenvalue weighted by molar-refractivity contribution is -0.120. The number of carbonyl (C=O) groups is 2. The minimum absolute atomic E-state index is 0.112. The molecule has 0 radical (unpaired) electrons. The van der Waals surface area contributed by atoms with E-state index in [1.807, 2.05) is 0 Å². The predicted molar refractivity (Wildman–Crippen MR) is 104 cm³/mol. The zero-order chi connectivity index (χ0) is 21.1. The Balaban J connectivity index is 1.43. The van der Waals surface area contributed by atoms with Crippen molar-refractivity contribution in [2.24, 2.45) is 7.05 Å². The van der Waals surface area contributed by atoms with Gasteiger partial charge >= 0.3 is 0 Å². The van der Waals surface area contributed by atoms with Crippen LogP contribution in [0.2, 0.25) is 0 Å². The molecule has 3 aromatic rings. The maximum absolute atomic E-state index is 13.3. The van der Waals surface area contributed by atoms with Crippen molar-refractivity contribution in [1.29, 1.82) is 0 Å². The first-order valence-electron chi connectivity index (χ1n) is 9.21. The molecule has 0 fully saturated rings. The zero-order valence-corrected chi connectivity index (χ0v) is 16.1. The van der Waals surface area contributed by atoms with Crippen LogP contribution >= 0.6 is 0 Å². The van der Waals surface area contributed by atoms with Crippen LogP contribution in [-0.4, -0.2) is 34.7 Å². The lowest BCUT2D eigenvalue weighted by Gasteiger charge is -2.19. The molecule has 1 aromatic heterocycles. The average Bonchev–Trinajstić information content (AvgIpc) is 3.39. The molecule has 4 rings (SSSR count). The Hall–Kier alpha value is -3.88. The molecule has 0 saturated carbocycles. The number of fused-ring (bicyclic) bond motifs is 1. The van der Waals surface area contributed by atoms with Gasteiger partial charge in [-0.15, -0.1) is 0 Å². The first-order valence-corrected chi connectivity index (χ1v) is 9.21. The van der Waals surface area contributed by atoms with Crippen LogP contribution < -0.4 is 20.1 Å². The van der Waals surface area contributed by atoms with Gasteiger partial charge < -0.3 is 24.7 Å². The molecule has 0 aliphatic carbocycles. The summed E-state index contributed by atoms with van der Waals surface area (Å²) in [4.78, 5) is 29.2. The maximum atomic E-state index is 13.3. The van der Waals surface area contributed by atoms with Crippen molar-refractivity contribution in [2.45, 2.75) is 6.04 Å². The van der Waals surface area contributed by atoms with Crippen molar-refractivity contribution in [3.05, 3.63) is 77.6 Å². The molecule has 9 heteroatoms. The molecule has 0 spiro atoms. The van der Waals surface area contributed by atoms with Gasteiger partial charge in [0.25, 0.3) is 5.91 Å². The fraction of sp³-hybridized carbons (Fsp3) is 0.190. The summed E-state index contributed by atoms with van der Waals surface area (Å²) in [6.45, 7) is -0.129. The number of nitrogens with zero attached hydrogens (tertiary/aromatic N) is 2. The van der Waals surface area contributed by atoms with E-state index < -0.39 is 17.9 Å². The molecule has 2 N–H and O–H groups in total. The van der Waals surface area contributed by atoms with Gasteiger partial charge in [0.05, 0.1) is 6.54 Å². The molecule has 1 aliphatic rings. The molecular formula is C21H19FN4O4. The molecule has 2 heterocycles. The Morgan fingerprint density at radius 1 is 1.17 bits per heavy atom. The van der Waals surface area contributed by atoms with E-state index in [0.717, 1.165) is 0 Å². The van der Waals surface area contributed by atoms with Crippen LogP contribution in [0.5, 0.6) is 11.5 Å². The highest BCUT2D eigenvalue weighted by atomic mass is 19.1. The molecule has 1 atom stereocenters. The van der Waals surface area contributed by atoms with E-state index in [0.29, 0.717) is 28.5 Å². The van der Waals surface area contributed by atoms with Crippen molar-refractivity contribution in [3.63, 3.8) is 0 Å². The van der Waals surface area contributed by atoms with E-state index in [1.54, 1.807) is 54.3 Å². The van der Waals surface area contributed by atoms with E-state index >= 15 is 0 Å². The fourth-order valence-corrected chi connectivity index (χ4v) is 3.12. The van der Waals surface area contributed by atoms with Gasteiger partial charge in [0.2, 0.25) is 12.7 Å². The van der Waals surface area contributed by atoms with Crippen LogP contribution in [0.1, 0.15) is 27.8 Å². The van der Waals surface area contributed by atoms with Crippen LogP contribution in [0.15, 0.2) is 54.9 Å². The summed E-state index contributed by atoms with van der Waals surface area (Å²) < 4.78 is 25.6. The second-order valence-corrected chi connectivity index (χ2v) is 6.70. The molecule has 30 heavy (non-hydrogen) atoms. The number of ether oxygens (including phenoxy) is 2. The molecule has 1 aliphatic heterocycles. The maximum Gasteiger partial charge on any atom is 0.251 e. The lowest BCUT2D eigenvalue weighted by atomic mass is 10.1. The highest BCUT2D eigenvalue weighted by molar-refractivity contribution is 5.97. The summed E-state index contributed by atoms with van der Waals surface area (Å²) in [6.07, 6.45) is 3.36. The van der Waals surface area contributed by atoms with Crippen LogP contribution in [0.25, 0.3) is 0 Å². The Morgan fingerprint density at radius 3 is 2.67 bits per heavy atom. The Morgan fingerprint density at radius 2 is 1.93 bits per heavy atom. The Bertz CT molecular complexity index is 1080. The van der Waals surface area contributed by atoms with Gasteiger partial charge in [-0.1, -0.05) is 12.1 Å². The predicted octanol–water partition coefficient (Wildman–Crippen LogP) is 1.92. The van der Waals surface area contributed by atoms with Gasteiger partial charge in [-0.25, -0.2) is 9.37 Å². The first-order chi connectivity index (χ1) is 14.5. The Labute approximate surface area is 171 Å². The monoisotopic (exact) mass is 410 g/mol.